The van der Waals surface area contributed by atoms with E-state index in [2.05, 4.69) is 17.2 Å². The van der Waals surface area contributed by atoms with Crippen molar-refractivity contribution in [1.29, 1.82) is 0 Å². The van der Waals surface area contributed by atoms with Gasteiger partial charge in [-0.3, -0.25) is 19.9 Å². The van der Waals surface area contributed by atoms with Crippen LogP contribution >= 0.6 is 0 Å². The summed E-state index contributed by atoms with van der Waals surface area (Å²) in [6, 6.07) is 4.64. The molecule has 2 aromatic rings. The third-order valence-electron chi connectivity index (χ3n) is 3.99. The lowest BCUT2D eigenvalue weighted by atomic mass is 10.1. The Balaban J connectivity index is 2.35. The molecule has 7 heteroatoms. The van der Waals surface area contributed by atoms with Crippen LogP contribution in [-0.2, 0) is 6.54 Å². The van der Waals surface area contributed by atoms with Crippen LogP contribution in [0.2, 0.25) is 0 Å². The number of unbranched alkanes of at least 4 members (excludes halogenated alkanes) is 1. The van der Waals surface area contributed by atoms with Crippen LogP contribution in [0.3, 0.4) is 0 Å². The lowest BCUT2D eigenvalue weighted by Gasteiger charge is -2.16. The lowest BCUT2D eigenvalue weighted by Crippen LogP contribution is -2.25. The van der Waals surface area contributed by atoms with Gasteiger partial charge in [0.05, 0.1) is 28.2 Å². The molecular formula is C16H18N4O3. The van der Waals surface area contributed by atoms with Gasteiger partial charge in [0.25, 0.3) is 11.2 Å². The molecule has 23 heavy (non-hydrogen) atoms. The molecule has 1 aromatic carbocycles. The monoisotopic (exact) mass is 314 g/mol. The first kappa shape index (κ1) is 15.2. The maximum atomic E-state index is 12.8. The molecule has 1 aliphatic rings. The molecule has 7 nitrogen and oxygen atoms in total. The van der Waals surface area contributed by atoms with Crippen LogP contribution in [0, 0.1) is 10.1 Å². The van der Waals surface area contributed by atoms with Gasteiger partial charge < -0.3 is 9.88 Å². The molecule has 0 spiro atoms. The van der Waals surface area contributed by atoms with Crippen molar-refractivity contribution in [3.63, 3.8) is 0 Å². The highest BCUT2D eigenvalue weighted by atomic mass is 16.6. The predicted octanol–water partition coefficient (Wildman–Crippen LogP) is 2.55. The SMILES string of the molecule is CCCCn1c(=O)c2c(c3cc([N+](=O)[O-])ccc31)NCCN=C2. The minimum absolute atomic E-state index is 0.0170. The van der Waals surface area contributed by atoms with E-state index in [1.165, 1.54) is 12.1 Å². The van der Waals surface area contributed by atoms with Crippen molar-refractivity contribution < 1.29 is 4.92 Å². The summed E-state index contributed by atoms with van der Waals surface area (Å²) in [5.74, 6) is 0. The second-order valence-electron chi connectivity index (χ2n) is 5.52. The average molecular weight is 314 g/mol. The van der Waals surface area contributed by atoms with E-state index in [4.69, 9.17) is 0 Å². The van der Waals surface area contributed by atoms with Crippen LogP contribution in [0.5, 0.6) is 0 Å². The van der Waals surface area contributed by atoms with Crippen LogP contribution < -0.4 is 10.9 Å². The molecule has 0 aliphatic carbocycles. The number of nitrogens with one attached hydrogen (secondary N) is 1. The maximum Gasteiger partial charge on any atom is 0.270 e. The zero-order chi connectivity index (χ0) is 16.4. The second-order valence-corrected chi connectivity index (χ2v) is 5.52. The van der Waals surface area contributed by atoms with Crippen molar-refractivity contribution in [2.24, 2.45) is 4.99 Å². The van der Waals surface area contributed by atoms with E-state index in [1.54, 1.807) is 16.8 Å². The molecule has 0 atom stereocenters. The molecule has 0 radical (unpaired) electrons. The van der Waals surface area contributed by atoms with Crippen molar-refractivity contribution in [3.8, 4) is 0 Å². The molecule has 2 heterocycles. The fourth-order valence-electron chi connectivity index (χ4n) is 2.83. The number of aromatic nitrogens is 1. The van der Waals surface area contributed by atoms with Crippen molar-refractivity contribution in [2.75, 3.05) is 18.4 Å². The van der Waals surface area contributed by atoms with Crippen LogP contribution in [0.15, 0.2) is 28.0 Å². The number of nitrogens with zero attached hydrogens (tertiary/aromatic N) is 3. The van der Waals surface area contributed by atoms with Crippen LogP contribution in [0.1, 0.15) is 25.3 Å². The first-order valence-electron chi connectivity index (χ1n) is 7.72. The smallest absolute Gasteiger partial charge is 0.270 e. The Morgan fingerprint density at radius 2 is 2.26 bits per heavy atom. The highest BCUT2D eigenvalue weighted by Crippen LogP contribution is 2.29. The normalized spacial score (nSPS) is 13.4. The molecule has 0 unspecified atom stereocenters. The van der Waals surface area contributed by atoms with Crippen molar-refractivity contribution in [1.82, 2.24) is 4.57 Å². The third-order valence-corrected chi connectivity index (χ3v) is 3.99. The summed E-state index contributed by atoms with van der Waals surface area (Å²) >= 11 is 0. The zero-order valence-electron chi connectivity index (χ0n) is 12.9. The minimum atomic E-state index is -0.419. The number of fused-ring (bicyclic) bond motifs is 3. The molecule has 1 N–H and O–H groups in total. The number of nitro benzene ring substituents is 1. The van der Waals surface area contributed by atoms with Crippen LogP contribution in [-0.4, -0.2) is 28.8 Å². The van der Waals surface area contributed by atoms with Gasteiger partial charge in [-0.1, -0.05) is 13.3 Å². The molecular weight excluding hydrogens is 296 g/mol. The predicted molar refractivity (Wildman–Crippen MR) is 90.7 cm³/mol. The maximum absolute atomic E-state index is 12.8. The standard InChI is InChI=1S/C16H18N4O3/c1-2-3-8-19-14-5-4-11(20(22)23)9-12(14)15-13(16(19)21)10-17-6-7-18-15/h4-5,9-10,18H,2-3,6-8H2,1H3. The molecule has 120 valence electrons. The number of aryl methyl sites for hydroxylation is 1. The first-order valence-corrected chi connectivity index (χ1v) is 7.72. The number of pyridine rings is 1. The molecule has 0 fully saturated rings. The number of rotatable bonds is 4. The van der Waals surface area contributed by atoms with Crippen molar-refractivity contribution >= 4 is 28.5 Å². The molecule has 1 aliphatic heterocycles. The van der Waals surface area contributed by atoms with Crippen LogP contribution in [0.25, 0.3) is 10.9 Å². The van der Waals surface area contributed by atoms with Gasteiger partial charge in [0.1, 0.15) is 0 Å². The summed E-state index contributed by atoms with van der Waals surface area (Å²) in [6.07, 6.45) is 3.41. The molecule has 0 bridgehead atoms. The number of benzene rings is 1. The summed E-state index contributed by atoms with van der Waals surface area (Å²) in [4.78, 5) is 27.7. The molecule has 0 saturated carbocycles. The summed E-state index contributed by atoms with van der Waals surface area (Å²) in [5, 5.41) is 15.0. The molecule has 3 rings (SSSR count). The third kappa shape index (κ3) is 2.69. The summed E-state index contributed by atoms with van der Waals surface area (Å²) in [7, 11) is 0. The number of non-ortho nitro benzene ring substituents is 1. The van der Waals surface area contributed by atoms with Gasteiger partial charge in [-0.05, 0) is 12.5 Å². The molecule has 1 aromatic heterocycles. The highest BCUT2D eigenvalue weighted by Gasteiger charge is 2.19. The van der Waals surface area contributed by atoms with Gasteiger partial charge in [-0.25, -0.2) is 0 Å². The fraction of sp³-hybridized carbons (Fsp3) is 0.375. The van der Waals surface area contributed by atoms with E-state index in [9.17, 15) is 14.9 Å². The number of nitro groups is 1. The number of aliphatic imine (C=N–C) groups is 1. The van der Waals surface area contributed by atoms with E-state index < -0.39 is 4.92 Å². The zero-order valence-corrected chi connectivity index (χ0v) is 12.9. The minimum Gasteiger partial charge on any atom is -0.382 e. The van der Waals surface area contributed by atoms with Gasteiger partial charge in [-0.2, -0.15) is 0 Å². The van der Waals surface area contributed by atoms with Crippen molar-refractivity contribution in [2.45, 2.75) is 26.3 Å². The van der Waals surface area contributed by atoms with E-state index in [1.807, 2.05) is 0 Å². The average Bonchev–Trinajstić information content (AvgIpc) is 2.80. The van der Waals surface area contributed by atoms with E-state index in [0.29, 0.717) is 36.3 Å². The van der Waals surface area contributed by atoms with E-state index in [-0.39, 0.29) is 11.2 Å². The molecule has 0 saturated heterocycles. The molecule has 0 amide bonds. The fourth-order valence-corrected chi connectivity index (χ4v) is 2.83. The topological polar surface area (TPSA) is 89.5 Å². The Morgan fingerprint density at radius 3 is 3.00 bits per heavy atom. The van der Waals surface area contributed by atoms with Gasteiger partial charge in [0, 0.05) is 36.8 Å². The summed E-state index contributed by atoms with van der Waals surface area (Å²) in [6.45, 7) is 3.81. The summed E-state index contributed by atoms with van der Waals surface area (Å²) in [5.41, 5.74) is 1.75. The Bertz CT molecular complexity index is 855. The van der Waals surface area contributed by atoms with Crippen molar-refractivity contribution in [3.05, 3.63) is 44.2 Å². The lowest BCUT2D eigenvalue weighted by molar-refractivity contribution is -0.384. The Morgan fingerprint density at radius 1 is 1.43 bits per heavy atom. The second kappa shape index (κ2) is 6.20. The van der Waals surface area contributed by atoms with Crippen LogP contribution in [0.4, 0.5) is 11.4 Å². The van der Waals surface area contributed by atoms with Gasteiger partial charge in [0.15, 0.2) is 0 Å². The Kier molecular flexibility index (Phi) is 4.10. The first-order chi connectivity index (χ1) is 11.1. The van der Waals surface area contributed by atoms with Gasteiger partial charge in [0.2, 0.25) is 0 Å². The van der Waals surface area contributed by atoms with E-state index >= 15 is 0 Å². The summed E-state index contributed by atoms with van der Waals surface area (Å²) < 4.78 is 1.69. The number of hydrogen-bond acceptors (Lipinski definition) is 5. The quantitative estimate of drug-likeness (QED) is 0.693. The highest BCUT2D eigenvalue weighted by molar-refractivity contribution is 6.02. The number of hydrogen-bond donors (Lipinski definition) is 1. The number of anilines is 1. The van der Waals surface area contributed by atoms with Gasteiger partial charge >= 0.3 is 0 Å². The van der Waals surface area contributed by atoms with E-state index in [0.717, 1.165) is 18.4 Å². The largest absolute Gasteiger partial charge is 0.382 e. The Labute approximate surface area is 132 Å². The Hall–Kier alpha value is -2.70. The van der Waals surface area contributed by atoms with Gasteiger partial charge in [-0.15, -0.1) is 0 Å².